The van der Waals surface area contributed by atoms with Crippen molar-refractivity contribution in [3.05, 3.63) is 52.9 Å². The summed E-state index contributed by atoms with van der Waals surface area (Å²) in [5.74, 6) is -0.242. The van der Waals surface area contributed by atoms with Crippen molar-refractivity contribution >= 4 is 0 Å². The molecule has 1 aromatic carbocycles. The maximum atomic E-state index is 13.9. The van der Waals surface area contributed by atoms with Gasteiger partial charge in [0.25, 0.3) is 0 Å². The second-order valence-electron chi connectivity index (χ2n) is 6.17. The summed E-state index contributed by atoms with van der Waals surface area (Å²) in [4.78, 5) is 8.21. The van der Waals surface area contributed by atoms with E-state index in [-0.39, 0.29) is 5.92 Å². The highest BCUT2D eigenvalue weighted by atomic mass is 19.4. The number of hydrogen-bond donors (Lipinski definition) is 1. The van der Waals surface area contributed by atoms with Crippen molar-refractivity contribution in [2.24, 2.45) is 0 Å². The van der Waals surface area contributed by atoms with Crippen molar-refractivity contribution in [2.45, 2.75) is 31.5 Å². The molecule has 0 bridgehead atoms. The zero-order chi connectivity index (χ0) is 18.0. The molecule has 132 valence electrons. The molecule has 0 amide bonds. The Bertz CT molecular complexity index is 791. The predicted molar refractivity (Wildman–Crippen MR) is 82.0 cm³/mol. The lowest BCUT2D eigenvalue weighted by Gasteiger charge is -2.32. The van der Waals surface area contributed by atoms with Crippen molar-refractivity contribution < 1.29 is 17.6 Å². The first kappa shape index (κ1) is 17.4. The Hall–Kier alpha value is -2.40. The van der Waals surface area contributed by atoms with E-state index in [9.17, 15) is 17.6 Å². The number of rotatable bonds is 3. The molecule has 1 aliphatic heterocycles. The first-order chi connectivity index (χ1) is 11.9. The summed E-state index contributed by atoms with van der Waals surface area (Å²) in [6.45, 7) is 1.52. The van der Waals surface area contributed by atoms with Gasteiger partial charge in [-0.1, -0.05) is 0 Å². The summed E-state index contributed by atoms with van der Waals surface area (Å²) in [5, 5.41) is 8.93. The summed E-state index contributed by atoms with van der Waals surface area (Å²) >= 11 is 0. The highest BCUT2D eigenvalue weighted by molar-refractivity contribution is 5.33. The van der Waals surface area contributed by atoms with Crippen LogP contribution in [0.1, 0.15) is 41.4 Å². The number of imidazole rings is 1. The normalized spacial score (nSPS) is 18.9. The smallest absolute Gasteiger partial charge is 0.338 e. The molecule has 25 heavy (non-hydrogen) atoms. The minimum Gasteiger partial charge on any atom is -0.338 e. The molecule has 1 aromatic heterocycles. The molecule has 0 aliphatic carbocycles. The van der Waals surface area contributed by atoms with Crippen LogP contribution in [0.3, 0.4) is 0 Å². The van der Waals surface area contributed by atoms with E-state index in [2.05, 4.69) is 9.97 Å². The van der Waals surface area contributed by atoms with Crippen LogP contribution in [0, 0.1) is 17.1 Å². The number of hydrogen-bond acceptors (Lipinski definition) is 3. The van der Waals surface area contributed by atoms with Gasteiger partial charge in [-0.05, 0) is 37.6 Å². The van der Waals surface area contributed by atoms with Crippen molar-refractivity contribution in [2.75, 3.05) is 13.1 Å². The van der Waals surface area contributed by atoms with Crippen molar-refractivity contribution in [1.29, 1.82) is 5.26 Å². The van der Waals surface area contributed by atoms with E-state index in [4.69, 9.17) is 5.26 Å². The van der Waals surface area contributed by atoms with Gasteiger partial charge in [-0.2, -0.15) is 18.4 Å². The number of benzene rings is 1. The minimum absolute atomic E-state index is 0.160. The fraction of sp³-hybridized carbons (Fsp3) is 0.412. The molecule has 1 atom stereocenters. The number of aromatic nitrogens is 2. The summed E-state index contributed by atoms with van der Waals surface area (Å²) in [5.41, 5.74) is -0.0617. The number of halogens is 4. The molecule has 2 heterocycles. The van der Waals surface area contributed by atoms with Gasteiger partial charge in [0, 0.05) is 24.6 Å². The molecule has 1 aliphatic rings. The maximum absolute atomic E-state index is 13.9. The van der Waals surface area contributed by atoms with E-state index in [1.165, 1.54) is 18.2 Å². The summed E-state index contributed by atoms with van der Waals surface area (Å²) < 4.78 is 52.0. The molecular formula is C17H16F4N4. The van der Waals surface area contributed by atoms with E-state index in [1.807, 2.05) is 11.0 Å². The number of H-pyrrole nitrogens is 1. The average Bonchev–Trinajstić information content (AvgIpc) is 3.07. The molecule has 0 radical (unpaired) electrons. The molecule has 0 spiro atoms. The summed E-state index contributed by atoms with van der Waals surface area (Å²) in [7, 11) is 0. The van der Waals surface area contributed by atoms with Gasteiger partial charge in [0.15, 0.2) is 0 Å². The Kier molecular flexibility index (Phi) is 4.77. The second-order valence-corrected chi connectivity index (χ2v) is 6.17. The Morgan fingerprint density at radius 2 is 2.16 bits per heavy atom. The molecule has 4 nitrogen and oxygen atoms in total. The van der Waals surface area contributed by atoms with Gasteiger partial charge in [-0.25, -0.2) is 9.37 Å². The van der Waals surface area contributed by atoms with Crippen LogP contribution < -0.4 is 0 Å². The number of likely N-dealkylation sites (tertiary alicyclic amines) is 1. The van der Waals surface area contributed by atoms with Gasteiger partial charge in [0.1, 0.15) is 17.3 Å². The predicted octanol–water partition coefficient (Wildman–Crippen LogP) is 3.82. The third kappa shape index (κ3) is 3.99. The van der Waals surface area contributed by atoms with E-state index in [0.717, 1.165) is 25.6 Å². The fourth-order valence-electron chi connectivity index (χ4n) is 3.12. The monoisotopic (exact) mass is 352 g/mol. The van der Waals surface area contributed by atoms with E-state index in [1.54, 1.807) is 0 Å². The van der Waals surface area contributed by atoms with Crippen LogP contribution in [0.15, 0.2) is 24.4 Å². The highest BCUT2D eigenvalue weighted by Gasteiger charge is 2.34. The lowest BCUT2D eigenvalue weighted by atomic mass is 9.96. The van der Waals surface area contributed by atoms with Crippen LogP contribution in [0.5, 0.6) is 0 Å². The number of nitrogens with one attached hydrogen (secondary N) is 1. The third-order valence-electron chi connectivity index (χ3n) is 4.36. The van der Waals surface area contributed by atoms with Crippen molar-refractivity contribution in [3.63, 3.8) is 0 Å². The first-order valence-electron chi connectivity index (χ1n) is 7.90. The van der Waals surface area contributed by atoms with Gasteiger partial charge in [0.05, 0.1) is 17.8 Å². The van der Waals surface area contributed by atoms with Gasteiger partial charge in [-0.15, -0.1) is 0 Å². The van der Waals surface area contributed by atoms with E-state index < -0.39 is 17.7 Å². The number of nitrogens with zero attached hydrogens (tertiary/aromatic N) is 3. The largest absolute Gasteiger partial charge is 0.432 e. The SMILES string of the molecule is N#Cc1ccc(F)c(CN2CCC[C@H](c3ncc(C(F)(F)F)[nH]3)C2)c1. The fourth-order valence-corrected chi connectivity index (χ4v) is 3.12. The minimum atomic E-state index is -4.44. The van der Waals surface area contributed by atoms with Crippen LogP contribution in [-0.2, 0) is 12.7 Å². The molecule has 2 aromatic rings. The zero-order valence-electron chi connectivity index (χ0n) is 13.3. The van der Waals surface area contributed by atoms with Crippen LogP contribution in [0.4, 0.5) is 17.6 Å². The summed E-state index contributed by atoms with van der Waals surface area (Å²) in [6.07, 6.45) is -2.13. The zero-order valence-corrected chi connectivity index (χ0v) is 13.3. The lowest BCUT2D eigenvalue weighted by molar-refractivity contribution is -0.141. The van der Waals surface area contributed by atoms with E-state index >= 15 is 0 Å². The molecule has 0 unspecified atom stereocenters. The lowest BCUT2D eigenvalue weighted by Crippen LogP contribution is -2.34. The van der Waals surface area contributed by atoms with Crippen LogP contribution >= 0.6 is 0 Å². The molecule has 1 saturated heterocycles. The number of aromatic amines is 1. The quantitative estimate of drug-likeness (QED) is 0.855. The van der Waals surface area contributed by atoms with E-state index in [0.29, 0.717) is 30.0 Å². The Labute approximate surface area is 142 Å². The van der Waals surface area contributed by atoms with Crippen LogP contribution in [-0.4, -0.2) is 28.0 Å². The molecular weight excluding hydrogens is 336 g/mol. The van der Waals surface area contributed by atoms with Gasteiger partial charge in [0.2, 0.25) is 0 Å². The Morgan fingerprint density at radius 1 is 1.36 bits per heavy atom. The van der Waals surface area contributed by atoms with Crippen LogP contribution in [0.25, 0.3) is 0 Å². The molecule has 1 N–H and O–H groups in total. The van der Waals surface area contributed by atoms with Gasteiger partial charge < -0.3 is 4.98 Å². The molecule has 0 saturated carbocycles. The number of piperidine rings is 1. The van der Waals surface area contributed by atoms with Gasteiger partial charge >= 0.3 is 6.18 Å². The highest BCUT2D eigenvalue weighted by Crippen LogP contribution is 2.31. The van der Waals surface area contributed by atoms with Crippen LogP contribution in [0.2, 0.25) is 0 Å². The second kappa shape index (κ2) is 6.84. The maximum Gasteiger partial charge on any atom is 0.432 e. The number of alkyl halides is 3. The van der Waals surface area contributed by atoms with Gasteiger partial charge in [-0.3, -0.25) is 4.90 Å². The molecule has 3 rings (SSSR count). The van der Waals surface area contributed by atoms with Crippen molar-refractivity contribution in [3.8, 4) is 6.07 Å². The molecule has 8 heteroatoms. The van der Waals surface area contributed by atoms with Crippen molar-refractivity contribution in [1.82, 2.24) is 14.9 Å². The number of nitriles is 1. The molecule has 1 fully saturated rings. The third-order valence-corrected chi connectivity index (χ3v) is 4.36. The Balaban J connectivity index is 1.71. The average molecular weight is 352 g/mol. The Morgan fingerprint density at radius 3 is 2.84 bits per heavy atom. The first-order valence-corrected chi connectivity index (χ1v) is 7.90. The standard InChI is InChI=1S/C17H16F4N4/c18-14-4-3-11(7-22)6-13(14)10-25-5-1-2-12(9-25)16-23-8-15(24-16)17(19,20)21/h3-4,6,8,12H,1-2,5,9-10H2,(H,23,24)/t12-/m0/s1. The topological polar surface area (TPSA) is 55.7 Å². The summed E-state index contributed by atoms with van der Waals surface area (Å²) in [6, 6.07) is 6.16.